The van der Waals surface area contributed by atoms with Gasteiger partial charge >= 0.3 is 0 Å². The molecule has 4 N–H and O–H groups in total. The van der Waals surface area contributed by atoms with Crippen LogP contribution in [0.25, 0.3) is 11.0 Å². The lowest BCUT2D eigenvalue weighted by atomic mass is 10.3. The van der Waals surface area contributed by atoms with Gasteiger partial charge in [-0.3, -0.25) is 5.10 Å². The van der Waals surface area contributed by atoms with Crippen LogP contribution in [0.3, 0.4) is 0 Å². The molecule has 0 aliphatic heterocycles. The maximum Gasteiger partial charge on any atom is 0.224 e. The highest BCUT2D eigenvalue weighted by Crippen LogP contribution is 2.39. The molecule has 7 nitrogen and oxygen atoms in total. The van der Waals surface area contributed by atoms with Crippen LogP contribution in [0.5, 0.6) is 0 Å². The summed E-state index contributed by atoms with van der Waals surface area (Å²) in [6.07, 6.45) is 4.14. The van der Waals surface area contributed by atoms with Gasteiger partial charge in [-0.15, -0.1) is 0 Å². The van der Waals surface area contributed by atoms with Crippen LogP contribution in [0, 0.1) is 0 Å². The van der Waals surface area contributed by atoms with Gasteiger partial charge in [-0.1, -0.05) is 0 Å². The van der Waals surface area contributed by atoms with E-state index in [2.05, 4.69) is 30.5 Å². The number of fused-ring (bicyclic) bond motifs is 1. The van der Waals surface area contributed by atoms with Crippen molar-refractivity contribution >= 4 is 28.6 Å². The highest BCUT2D eigenvalue weighted by molar-refractivity contribution is 5.88. The standard InChI is InChI=1S/C13H13N7/c14-13-17-11-8(2-1-5-15-11)12(18-13)16-10-6-9(19-20-10)7-3-4-7/h1-2,5-7H,3-4H2,(H4,14,15,16,17,18,19,20). The summed E-state index contributed by atoms with van der Waals surface area (Å²) in [4.78, 5) is 12.5. The molecule has 1 aliphatic rings. The molecular formula is C13H13N7. The van der Waals surface area contributed by atoms with E-state index in [1.165, 1.54) is 12.8 Å². The molecule has 20 heavy (non-hydrogen) atoms. The number of nitrogens with two attached hydrogens (primary N) is 1. The third-order valence-electron chi connectivity index (χ3n) is 3.35. The van der Waals surface area contributed by atoms with Crippen LogP contribution < -0.4 is 11.1 Å². The van der Waals surface area contributed by atoms with Crippen molar-refractivity contribution < 1.29 is 0 Å². The summed E-state index contributed by atoms with van der Waals surface area (Å²) in [7, 11) is 0. The molecule has 1 aliphatic carbocycles. The molecule has 4 rings (SSSR count). The fraction of sp³-hybridized carbons (Fsp3) is 0.231. The van der Waals surface area contributed by atoms with Crippen molar-refractivity contribution in [3.8, 4) is 0 Å². The fourth-order valence-electron chi connectivity index (χ4n) is 2.20. The monoisotopic (exact) mass is 267 g/mol. The molecule has 3 aromatic rings. The average molecular weight is 267 g/mol. The highest BCUT2D eigenvalue weighted by Gasteiger charge is 2.25. The van der Waals surface area contributed by atoms with Crippen LogP contribution in [0.15, 0.2) is 24.4 Å². The molecular weight excluding hydrogens is 254 g/mol. The number of anilines is 3. The van der Waals surface area contributed by atoms with Gasteiger partial charge in [0.25, 0.3) is 0 Å². The Morgan fingerprint density at radius 2 is 2.20 bits per heavy atom. The zero-order valence-electron chi connectivity index (χ0n) is 10.7. The van der Waals surface area contributed by atoms with Crippen LogP contribution in [0.2, 0.25) is 0 Å². The van der Waals surface area contributed by atoms with E-state index in [1.807, 2.05) is 18.2 Å². The highest BCUT2D eigenvalue weighted by atomic mass is 15.2. The van der Waals surface area contributed by atoms with Crippen molar-refractivity contribution in [2.75, 3.05) is 11.1 Å². The molecule has 0 spiro atoms. The van der Waals surface area contributed by atoms with Gasteiger partial charge in [0.2, 0.25) is 5.95 Å². The maximum absolute atomic E-state index is 5.71. The van der Waals surface area contributed by atoms with E-state index in [0.717, 1.165) is 16.9 Å². The van der Waals surface area contributed by atoms with E-state index in [0.29, 0.717) is 17.4 Å². The molecule has 0 aromatic carbocycles. The van der Waals surface area contributed by atoms with Crippen LogP contribution in [-0.2, 0) is 0 Å². The second kappa shape index (κ2) is 4.16. The Morgan fingerprint density at radius 3 is 3.05 bits per heavy atom. The van der Waals surface area contributed by atoms with Gasteiger partial charge in [0, 0.05) is 23.9 Å². The van der Waals surface area contributed by atoms with Crippen LogP contribution in [0.1, 0.15) is 24.5 Å². The van der Waals surface area contributed by atoms with Crippen molar-refractivity contribution in [2.45, 2.75) is 18.8 Å². The number of aromatic amines is 1. The second-order valence-corrected chi connectivity index (χ2v) is 4.91. The summed E-state index contributed by atoms with van der Waals surface area (Å²) in [5, 5.41) is 11.3. The summed E-state index contributed by atoms with van der Waals surface area (Å²) >= 11 is 0. The summed E-state index contributed by atoms with van der Waals surface area (Å²) in [6.45, 7) is 0. The third-order valence-corrected chi connectivity index (χ3v) is 3.35. The summed E-state index contributed by atoms with van der Waals surface area (Å²) < 4.78 is 0. The lowest BCUT2D eigenvalue weighted by Gasteiger charge is -2.06. The number of nitrogen functional groups attached to an aromatic ring is 1. The molecule has 1 saturated carbocycles. The smallest absolute Gasteiger partial charge is 0.224 e. The fourth-order valence-corrected chi connectivity index (χ4v) is 2.20. The minimum Gasteiger partial charge on any atom is -0.368 e. The van der Waals surface area contributed by atoms with Gasteiger partial charge in [-0.05, 0) is 25.0 Å². The zero-order valence-corrected chi connectivity index (χ0v) is 10.7. The molecule has 0 saturated heterocycles. The molecule has 3 heterocycles. The molecule has 100 valence electrons. The molecule has 0 atom stereocenters. The van der Waals surface area contributed by atoms with Crippen molar-refractivity contribution in [1.29, 1.82) is 0 Å². The largest absolute Gasteiger partial charge is 0.368 e. The Hall–Kier alpha value is -2.70. The van der Waals surface area contributed by atoms with E-state index >= 15 is 0 Å². The minimum atomic E-state index is 0.191. The first kappa shape index (κ1) is 11.2. The quantitative estimate of drug-likeness (QED) is 0.669. The first-order valence-electron chi connectivity index (χ1n) is 6.50. The normalized spacial score (nSPS) is 14.6. The van der Waals surface area contributed by atoms with E-state index < -0.39 is 0 Å². The van der Waals surface area contributed by atoms with Crippen molar-refractivity contribution in [1.82, 2.24) is 25.1 Å². The zero-order chi connectivity index (χ0) is 13.5. The molecule has 0 amide bonds. The minimum absolute atomic E-state index is 0.191. The van der Waals surface area contributed by atoms with Gasteiger partial charge in [-0.25, -0.2) is 4.98 Å². The Bertz CT molecular complexity index is 775. The number of nitrogens with one attached hydrogen (secondary N) is 2. The molecule has 0 radical (unpaired) electrons. The van der Waals surface area contributed by atoms with Gasteiger partial charge < -0.3 is 11.1 Å². The molecule has 1 fully saturated rings. The van der Waals surface area contributed by atoms with Crippen molar-refractivity contribution in [2.24, 2.45) is 0 Å². The number of hydrogen-bond donors (Lipinski definition) is 3. The molecule has 7 heteroatoms. The van der Waals surface area contributed by atoms with Gasteiger partial charge in [-0.2, -0.15) is 15.1 Å². The van der Waals surface area contributed by atoms with Crippen molar-refractivity contribution in [3.63, 3.8) is 0 Å². The summed E-state index contributed by atoms with van der Waals surface area (Å²) in [5.41, 5.74) is 7.45. The Morgan fingerprint density at radius 1 is 1.30 bits per heavy atom. The Labute approximate surface area is 114 Å². The maximum atomic E-state index is 5.71. The molecule has 3 aromatic heterocycles. The van der Waals surface area contributed by atoms with E-state index in [4.69, 9.17) is 5.73 Å². The topological polar surface area (TPSA) is 105 Å². The molecule has 0 unspecified atom stereocenters. The second-order valence-electron chi connectivity index (χ2n) is 4.91. The first-order chi connectivity index (χ1) is 9.79. The van der Waals surface area contributed by atoms with E-state index in [1.54, 1.807) is 6.20 Å². The number of pyridine rings is 1. The number of nitrogens with zero attached hydrogens (tertiary/aromatic N) is 4. The number of hydrogen-bond acceptors (Lipinski definition) is 6. The van der Waals surface area contributed by atoms with Crippen LogP contribution >= 0.6 is 0 Å². The number of H-pyrrole nitrogens is 1. The van der Waals surface area contributed by atoms with Crippen LogP contribution in [-0.4, -0.2) is 25.1 Å². The Balaban J connectivity index is 1.73. The average Bonchev–Trinajstić information content (AvgIpc) is 3.19. The predicted molar refractivity (Wildman–Crippen MR) is 75.6 cm³/mol. The summed E-state index contributed by atoms with van der Waals surface area (Å²) in [5.74, 6) is 2.17. The summed E-state index contributed by atoms with van der Waals surface area (Å²) in [6, 6.07) is 5.75. The van der Waals surface area contributed by atoms with Gasteiger partial charge in [0.15, 0.2) is 11.5 Å². The number of rotatable bonds is 3. The van der Waals surface area contributed by atoms with Gasteiger partial charge in [0.1, 0.15) is 5.82 Å². The first-order valence-corrected chi connectivity index (χ1v) is 6.50. The SMILES string of the molecule is Nc1nc(Nc2cc(C3CC3)[nH]n2)c2cccnc2n1. The number of aromatic nitrogens is 5. The van der Waals surface area contributed by atoms with Gasteiger partial charge in [0.05, 0.1) is 5.39 Å². The lowest BCUT2D eigenvalue weighted by Crippen LogP contribution is -2.02. The predicted octanol–water partition coefficient (Wildman–Crippen LogP) is 1.95. The van der Waals surface area contributed by atoms with Crippen molar-refractivity contribution in [3.05, 3.63) is 30.1 Å². The lowest BCUT2D eigenvalue weighted by molar-refractivity contribution is 0.966. The van der Waals surface area contributed by atoms with Crippen LogP contribution in [0.4, 0.5) is 17.6 Å². The van der Waals surface area contributed by atoms with E-state index in [9.17, 15) is 0 Å². The third kappa shape index (κ3) is 1.93. The Kier molecular flexibility index (Phi) is 2.32. The molecule has 0 bridgehead atoms. The van der Waals surface area contributed by atoms with E-state index in [-0.39, 0.29) is 5.95 Å².